The molecule has 1 fully saturated rings. The highest BCUT2D eigenvalue weighted by Gasteiger charge is 2.52. The summed E-state index contributed by atoms with van der Waals surface area (Å²) < 4.78 is 6.09. The second kappa shape index (κ2) is 3.16. The molecule has 0 aliphatic carbocycles. The van der Waals surface area contributed by atoms with Crippen LogP contribution in [-0.4, -0.2) is 31.1 Å². The maximum absolute atomic E-state index is 6.09. The maximum atomic E-state index is 6.09. The Bertz CT molecular complexity index is 473. The summed E-state index contributed by atoms with van der Waals surface area (Å²) >= 11 is 0. The zero-order valence-electron chi connectivity index (χ0n) is 10.2. The number of hydrogen-bond acceptors (Lipinski definition) is 3. The molecule has 2 atom stereocenters. The first-order chi connectivity index (χ1) is 8.28. The summed E-state index contributed by atoms with van der Waals surface area (Å²) in [4.78, 5) is 2.48. The molecule has 3 aliphatic heterocycles. The highest BCUT2D eigenvalue weighted by atomic mass is 16.5. The fourth-order valence-electron chi connectivity index (χ4n) is 3.64. The lowest BCUT2D eigenvalue weighted by atomic mass is 9.83. The van der Waals surface area contributed by atoms with E-state index in [0.29, 0.717) is 6.04 Å². The van der Waals surface area contributed by atoms with Crippen LogP contribution in [0.2, 0.25) is 0 Å². The van der Waals surface area contributed by atoms with Crippen molar-refractivity contribution in [1.82, 2.24) is 4.90 Å². The number of rotatable bonds is 2. The number of nitrogens with zero attached hydrogens (tertiary/aromatic N) is 1. The molecule has 0 aromatic heterocycles. The van der Waals surface area contributed by atoms with Crippen molar-refractivity contribution in [3.8, 4) is 5.75 Å². The van der Waals surface area contributed by atoms with Gasteiger partial charge in [-0.15, -0.1) is 0 Å². The van der Waals surface area contributed by atoms with Gasteiger partial charge in [0.05, 0.1) is 12.1 Å². The first kappa shape index (κ1) is 9.77. The molecule has 3 heteroatoms. The first-order valence-corrected chi connectivity index (χ1v) is 6.55. The Morgan fingerprint density at radius 2 is 2.47 bits per heavy atom. The van der Waals surface area contributed by atoms with E-state index in [1.165, 1.54) is 30.6 Å². The van der Waals surface area contributed by atoms with Crippen molar-refractivity contribution >= 4 is 5.69 Å². The van der Waals surface area contributed by atoms with E-state index in [4.69, 9.17) is 4.74 Å². The molecule has 0 amide bonds. The molecule has 17 heavy (non-hydrogen) atoms. The maximum Gasteiger partial charge on any atom is 0.158 e. The Kier molecular flexibility index (Phi) is 1.82. The largest absolute Gasteiger partial charge is 0.480 e. The topological polar surface area (TPSA) is 24.5 Å². The zero-order chi connectivity index (χ0) is 11.5. The van der Waals surface area contributed by atoms with E-state index < -0.39 is 0 Å². The van der Waals surface area contributed by atoms with Gasteiger partial charge in [-0.25, -0.2) is 0 Å². The molecule has 3 heterocycles. The van der Waals surface area contributed by atoms with Crippen molar-refractivity contribution in [3.63, 3.8) is 0 Å². The third-order valence-electron chi connectivity index (χ3n) is 4.59. The summed E-state index contributed by atoms with van der Waals surface area (Å²) in [6.07, 6.45) is 3.79. The lowest BCUT2D eigenvalue weighted by Gasteiger charge is -2.42. The van der Waals surface area contributed by atoms with E-state index in [-0.39, 0.29) is 5.60 Å². The lowest BCUT2D eigenvalue weighted by Crippen LogP contribution is -2.47. The minimum Gasteiger partial charge on any atom is -0.480 e. The van der Waals surface area contributed by atoms with Crippen LogP contribution >= 0.6 is 0 Å². The molecule has 1 aromatic carbocycles. The molecular formula is C14H18N2O. The van der Waals surface area contributed by atoms with E-state index >= 15 is 0 Å². The molecule has 1 N–H and O–H groups in total. The van der Waals surface area contributed by atoms with Crippen LogP contribution in [0.1, 0.15) is 24.8 Å². The minimum absolute atomic E-state index is 0.0187. The first-order valence-electron chi connectivity index (χ1n) is 6.55. The number of ether oxygens (including phenoxy) is 1. The van der Waals surface area contributed by atoms with Gasteiger partial charge in [-0.2, -0.15) is 0 Å². The highest BCUT2D eigenvalue weighted by Crippen LogP contribution is 2.54. The van der Waals surface area contributed by atoms with Gasteiger partial charge < -0.3 is 15.0 Å². The molecule has 1 saturated heterocycles. The molecule has 3 aliphatic rings. The smallest absolute Gasteiger partial charge is 0.158 e. The quantitative estimate of drug-likeness (QED) is 0.843. The van der Waals surface area contributed by atoms with Gasteiger partial charge in [-0.05, 0) is 38.6 Å². The van der Waals surface area contributed by atoms with Gasteiger partial charge in [0.25, 0.3) is 0 Å². The molecule has 1 aromatic rings. The van der Waals surface area contributed by atoms with E-state index in [2.05, 4.69) is 35.5 Å². The molecule has 4 rings (SSSR count). The minimum atomic E-state index is -0.0187. The normalized spacial score (nSPS) is 33.8. The number of nitrogens with one attached hydrogen (secondary N) is 1. The molecule has 0 bridgehead atoms. The Balaban J connectivity index is 1.64. The molecule has 0 radical (unpaired) electrons. The molecule has 90 valence electrons. The summed E-state index contributed by atoms with van der Waals surface area (Å²) in [6, 6.07) is 7.01. The van der Waals surface area contributed by atoms with Crippen molar-refractivity contribution < 1.29 is 4.74 Å². The number of benzene rings is 1. The van der Waals surface area contributed by atoms with E-state index in [1.54, 1.807) is 0 Å². The second-order valence-electron chi connectivity index (χ2n) is 5.61. The fraction of sp³-hybridized carbons (Fsp3) is 0.571. The molecule has 2 unspecified atom stereocenters. The van der Waals surface area contributed by atoms with Crippen molar-refractivity contribution in [2.45, 2.75) is 30.9 Å². The van der Waals surface area contributed by atoms with Crippen LogP contribution in [0, 0.1) is 0 Å². The monoisotopic (exact) mass is 230 g/mol. The Morgan fingerprint density at radius 3 is 3.29 bits per heavy atom. The van der Waals surface area contributed by atoms with E-state index in [9.17, 15) is 0 Å². The molecule has 0 saturated carbocycles. The number of hydrogen-bond donors (Lipinski definition) is 1. The summed E-state index contributed by atoms with van der Waals surface area (Å²) in [5, 5.41) is 3.49. The zero-order valence-corrected chi connectivity index (χ0v) is 10.2. The third-order valence-corrected chi connectivity index (χ3v) is 4.59. The van der Waals surface area contributed by atoms with Crippen LogP contribution in [0.25, 0.3) is 0 Å². The van der Waals surface area contributed by atoms with Crippen molar-refractivity contribution in [2.75, 3.05) is 25.5 Å². The van der Waals surface area contributed by atoms with E-state index in [1.807, 2.05) is 0 Å². The summed E-state index contributed by atoms with van der Waals surface area (Å²) in [5.41, 5.74) is 2.70. The third kappa shape index (κ3) is 1.20. The molecule has 3 nitrogen and oxygen atoms in total. The van der Waals surface area contributed by atoms with Crippen molar-refractivity contribution in [2.24, 2.45) is 0 Å². The van der Waals surface area contributed by atoms with Gasteiger partial charge in [0, 0.05) is 18.2 Å². The van der Waals surface area contributed by atoms with Crippen molar-refractivity contribution in [3.05, 3.63) is 23.8 Å². The van der Waals surface area contributed by atoms with Crippen LogP contribution in [0.15, 0.2) is 18.2 Å². The van der Waals surface area contributed by atoms with Crippen LogP contribution < -0.4 is 10.1 Å². The van der Waals surface area contributed by atoms with Crippen LogP contribution in [0.3, 0.4) is 0 Å². The standard InChI is InChI=1S/C14H18N2O/c1-16-7-3-4-10(16)8-14-9-15-11-5-2-6-12(17-14)13(11)14/h2,5-6,10,15H,3-4,7-9H2,1H3. The Morgan fingerprint density at radius 1 is 1.53 bits per heavy atom. The molecular weight excluding hydrogens is 212 g/mol. The average molecular weight is 230 g/mol. The lowest BCUT2D eigenvalue weighted by molar-refractivity contribution is 0.00706. The predicted octanol–water partition coefficient (Wildman–Crippen LogP) is 2.18. The van der Waals surface area contributed by atoms with Gasteiger partial charge in [0.15, 0.2) is 5.60 Å². The summed E-state index contributed by atoms with van der Waals surface area (Å²) in [5.74, 6) is 1.09. The predicted molar refractivity (Wildman–Crippen MR) is 67.5 cm³/mol. The van der Waals surface area contributed by atoms with Crippen LogP contribution in [0.5, 0.6) is 5.75 Å². The van der Waals surface area contributed by atoms with Crippen molar-refractivity contribution in [1.29, 1.82) is 0 Å². The van der Waals surface area contributed by atoms with Gasteiger partial charge in [-0.1, -0.05) is 6.07 Å². The molecule has 0 spiro atoms. The summed E-state index contributed by atoms with van der Waals surface area (Å²) in [7, 11) is 2.24. The van der Waals surface area contributed by atoms with Gasteiger partial charge in [-0.3, -0.25) is 0 Å². The summed E-state index contributed by atoms with van der Waals surface area (Å²) in [6.45, 7) is 2.19. The average Bonchev–Trinajstić information content (AvgIpc) is 2.83. The Labute approximate surface area is 102 Å². The Hall–Kier alpha value is -1.22. The fourth-order valence-corrected chi connectivity index (χ4v) is 3.64. The van der Waals surface area contributed by atoms with Crippen LogP contribution in [-0.2, 0) is 5.60 Å². The number of anilines is 1. The highest BCUT2D eigenvalue weighted by molar-refractivity contribution is 5.69. The SMILES string of the molecule is CN1CCCC1CC12CNc3cccc(c31)O2. The number of likely N-dealkylation sites (tertiary alicyclic amines) is 1. The van der Waals surface area contributed by atoms with Crippen LogP contribution in [0.4, 0.5) is 5.69 Å². The second-order valence-corrected chi connectivity index (χ2v) is 5.61. The van der Waals surface area contributed by atoms with E-state index in [0.717, 1.165) is 18.7 Å². The van der Waals surface area contributed by atoms with Gasteiger partial charge in [0.2, 0.25) is 0 Å². The van der Waals surface area contributed by atoms with Gasteiger partial charge in [0.1, 0.15) is 5.75 Å². The van der Waals surface area contributed by atoms with Gasteiger partial charge >= 0.3 is 0 Å².